The number of aromatic nitrogens is 4. The van der Waals surface area contributed by atoms with Crippen molar-refractivity contribution < 1.29 is 13.6 Å². The van der Waals surface area contributed by atoms with Gasteiger partial charge in [-0.15, -0.1) is 0 Å². The van der Waals surface area contributed by atoms with E-state index in [4.69, 9.17) is 5.73 Å². The van der Waals surface area contributed by atoms with Gasteiger partial charge in [-0.05, 0) is 50.6 Å². The molecule has 2 amide bonds. The Balaban J connectivity index is 1.63. The molecule has 0 aliphatic rings. The third-order valence-corrected chi connectivity index (χ3v) is 4.87. The van der Waals surface area contributed by atoms with E-state index in [9.17, 15) is 13.6 Å². The van der Waals surface area contributed by atoms with Gasteiger partial charge < -0.3 is 16.4 Å². The monoisotopic (exact) mass is 437 g/mol. The fourth-order valence-corrected chi connectivity index (χ4v) is 3.33. The molecule has 4 N–H and O–H groups in total. The minimum absolute atomic E-state index is 0.000647. The Bertz CT molecular complexity index is 1330. The van der Waals surface area contributed by atoms with Gasteiger partial charge in [0.05, 0.1) is 16.8 Å². The van der Waals surface area contributed by atoms with E-state index < -0.39 is 17.7 Å². The molecule has 4 aromatic rings. The molecule has 8 nitrogen and oxygen atoms in total. The van der Waals surface area contributed by atoms with Crippen LogP contribution in [-0.2, 0) is 0 Å². The molecule has 2 aromatic heterocycles. The first-order valence-corrected chi connectivity index (χ1v) is 9.87. The van der Waals surface area contributed by atoms with E-state index in [1.807, 2.05) is 13.8 Å². The molecule has 0 saturated heterocycles. The fraction of sp³-hybridized carbons (Fsp3) is 0.182. The predicted molar refractivity (Wildman–Crippen MR) is 119 cm³/mol. The molecule has 0 fully saturated rings. The minimum Gasteiger partial charge on any atom is -0.383 e. The van der Waals surface area contributed by atoms with E-state index in [0.29, 0.717) is 22.3 Å². The lowest BCUT2D eigenvalue weighted by Crippen LogP contribution is -2.20. The lowest BCUT2D eigenvalue weighted by molar-refractivity contribution is 0.262. The van der Waals surface area contributed by atoms with Gasteiger partial charge in [-0.2, -0.15) is 5.10 Å². The summed E-state index contributed by atoms with van der Waals surface area (Å²) in [5, 5.41) is 9.84. The van der Waals surface area contributed by atoms with Gasteiger partial charge in [-0.25, -0.2) is 28.2 Å². The number of nitrogen functional groups attached to an aromatic ring is 1. The lowest BCUT2D eigenvalue weighted by Gasteiger charge is -2.10. The van der Waals surface area contributed by atoms with Crippen LogP contribution in [0.2, 0.25) is 0 Å². The largest absolute Gasteiger partial charge is 0.383 e. The maximum atomic E-state index is 14.8. The summed E-state index contributed by atoms with van der Waals surface area (Å²) in [7, 11) is 0. The van der Waals surface area contributed by atoms with Gasteiger partial charge in [0.25, 0.3) is 0 Å². The van der Waals surface area contributed by atoms with Crippen LogP contribution in [0.1, 0.15) is 25.5 Å². The maximum absolute atomic E-state index is 14.8. The first kappa shape index (κ1) is 21.2. The number of carbonyl (C=O) groups excluding carboxylic acids is 1. The van der Waals surface area contributed by atoms with Gasteiger partial charge >= 0.3 is 6.03 Å². The summed E-state index contributed by atoms with van der Waals surface area (Å²) in [6.45, 7) is 5.65. The average molecular weight is 437 g/mol. The van der Waals surface area contributed by atoms with E-state index in [0.717, 1.165) is 5.56 Å². The molecule has 32 heavy (non-hydrogen) atoms. The third-order valence-electron chi connectivity index (χ3n) is 4.87. The standard InChI is InChI=1S/C22H21F2N7O/c1-11(2)31-21-18(20(25)26-10-27-21)19(30-31)13-5-7-16(15(24)9-13)28-22(32)29-17-8-12(3)4-6-14(17)23/h4-11H,1-3H3,(H2,25,26,27)(H2,28,29,32). The molecule has 4 rings (SSSR count). The highest BCUT2D eigenvalue weighted by Gasteiger charge is 2.19. The maximum Gasteiger partial charge on any atom is 0.323 e. The topological polar surface area (TPSA) is 111 Å². The zero-order valence-corrected chi connectivity index (χ0v) is 17.6. The molecule has 0 atom stereocenters. The van der Waals surface area contributed by atoms with Crippen molar-refractivity contribution in [3.05, 3.63) is 59.9 Å². The Hall–Kier alpha value is -4.08. The SMILES string of the molecule is Cc1ccc(F)c(NC(=O)Nc2ccc(-c3nn(C(C)C)c4ncnc(N)c34)cc2F)c1. The zero-order valence-electron chi connectivity index (χ0n) is 17.6. The zero-order chi connectivity index (χ0) is 23.0. The van der Waals surface area contributed by atoms with Crippen LogP contribution < -0.4 is 16.4 Å². The Kier molecular flexibility index (Phi) is 5.43. The van der Waals surface area contributed by atoms with Crippen molar-refractivity contribution in [2.45, 2.75) is 26.8 Å². The number of fused-ring (bicyclic) bond motifs is 1. The number of rotatable bonds is 4. The van der Waals surface area contributed by atoms with Crippen LogP contribution in [-0.4, -0.2) is 25.8 Å². The highest BCUT2D eigenvalue weighted by Crippen LogP contribution is 2.33. The van der Waals surface area contributed by atoms with Gasteiger partial charge in [0.2, 0.25) is 0 Å². The highest BCUT2D eigenvalue weighted by atomic mass is 19.1. The van der Waals surface area contributed by atoms with Crippen molar-refractivity contribution >= 4 is 34.3 Å². The number of aryl methyl sites for hydroxylation is 1. The minimum atomic E-state index is -0.770. The molecular formula is C22H21F2N7O. The second-order valence-electron chi connectivity index (χ2n) is 7.60. The van der Waals surface area contributed by atoms with Gasteiger partial charge in [-0.3, -0.25) is 0 Å². The molecular weight excluding hydrogens is 416 g/mol. The molecule has 164 valence electrons. The van der Waals surface area contributed by atoms with Crippen molar-refractivity contribution in [1.29, 1.82) is 0 Å². The molecule has 0 aliphatic carbocycles. The summed E-state index contributed by atoms with van der Waals surface area (Å²) < 4.78 is 30.4. The molecule has 2 aromatic carbocycles. The fourth-order valence-electron chi connectivity index (χ4n) is 3.33. The van der Waals surface area contributed by atoms with Crippen LogP contribution in [0.15, 0.2) is 42.7 Å². The van der Waals surface area contributed by atoms with Crippen molar-refractivity contribution in [2.24, 2.45) is 0 Å². The second kappa shape index (κ2) is 8.22. The van der Waals surface area contributed by atoms with E-state index in [-0.39, 0.29) is 23.2 Å². The molecule has 0 radical (unpaired) electrons. The number of urea groups is 1. The van der Waals surface area contributed by atoms with Crippen LogP contribution in [0.4, 0.5) is 30.8 Å². The normalized spacial score (nSPS) is 11.2. The number of carbonyl (C=O) groups is 1. The van der Waals surface area contributed by atoms with Crippen LogP contribution in [0, 0.1) is 18.6 Å². The molecule has 0 unspecified atom stereocenters. The van der Waals surface area contributed by atoms with Crippen molar-refractivity contribution in [1.82, 2.24) is 19.7 Å². The van der Waals surface area contributed by atoms with Gasteiger partial charge in [0.15, 0.2) is 5.65 Å². The van der Waals surface area contributed by atoms with Crippen LogP contribution >= 0.6 is 0 Å². The number of halogens is 2. The van der Waals surface area contributed by atoms with Crippen LogP contribution in [0.5, 0.6) is 0 Å². The number of anilines is 3. The van der Waals surface area contributed by atoms with E-state index in [1.54, 1.807) is 23.7 Å². The number of hydrogen-bond donors (Lipinski definition) is 3. The first-order valence-electron chi connectivity index (χ1n) is 9.87. The molecule has 0 spiro atoms. The smallest absolute Gasteiger partial charge is 0.323 e. The summed E-state index contributed by atoms with van der Waals surface area (Å²) >= 11 is 0. The number of nitrogens with one attached hydrogen (secondary N) is 2. The average Bonchev–Trinajstić information content (AvgIpc) is 3.13. The highest BCUT2D eigenvalue weighted by molar-refractivity contribution is 6.01. The summed E-state index contributed by atoms with van der Waals surface area (Å²) in [5.41, 5.74) is 8.17. The van der Waals surface area contributed by atoms with Gasteiger partial charge in [0, 0.05) is 11.6 Å². The Morgan fingerprint density at radius 1 is 1.03 bits per heavy atom. The second-order valence-corrected chi connectivity index (χ2v) is 7.60. The molecule has 10 heteroatoms. The summed E-state index contributed by atoms with van der Waals surface area (Å²) in [6, 6.07) is 7.78. The Morgan fingerprint density at radius 2 is 1.78 bits per heavy atom. The van der Waals surface area contributed by atoms with Gasteiger partial charge in [-0.1, -0.05) is 12.1 Å². The summed E-state index contributed by atoms with van der Waals surface area (Å²) in [4.78, 5) is 20.5. The van der Waals surface area contributed by atoms with Crippen LogP contribution in [0.3, 0.4) is 0 Å². The van der Waals surface area contributed by atoms with E-state index in [1.165, 1.54) is 30.6 Å². The van der Waals surface area contributed by atoms with Crippen LogP contribution in [0.25, 0.3) is 22.3 Å². The molecule has 0 aliphatic heterocycles. The predicted octanol–water partition coefficient (Wildman–Crippen LogP) is 4.89. The Labute approximate surface area is 182 Å². The third kappa shape index (κ3) is 3.94. The summed E-state index contributed by atoms with van der Waals surface area (Å²) in [5.74, 6) is -1.04. The van der Waals surface area contributed by atoms with Gasteiger partial charge in [0.1, 0.15) is 29.5 Å². The Morgan fingerprint density at radius 3 is 2.50 bits per heavy atom. The van der Waals surface area contributed by atoms with Crippen molar-refractivity contribution in [3.8, 4) is 11.3 Å². The summed E-state index contributed by atoms with van der Waals surface area (Å²) in [6.07, 6.45) is 1.35. The quantitative estimate of drug-likeness (QED) is 0.421. The van der Waals surface area contributed by atoms with E-state index >= 15 is 0 Å². The molecule has 0 bridgehead atoms. The molecule has 0 saturated carbocycles. The lowest BCUT2D eigenvalue weighted by atomic mass is 10.1. The first-order chi connectivity index (χ1) is 15.2. The van der Waals surface area contributed by atoms with E-state index in [2.05, 4.69) is 25.7 Å². The number of hydrogen-bond acceptors (Lipinski definition) is 5. The number of benzene rings is 2. The number of nitrogens with two attached hydrogens (primary N) is 1. The number of amides is 2. The van der Waals surface area contributed by atoms with Crippen molar-refractivity contribution in [2.75, 3.05) is 16.4 Å². The molecule has 2 heterocycles. The van der Waals surface area contributed by atoms with Crippen molar-refractivity contribution in [3.63, 3.8) is 0 Å². The number of nitrogens with zero attached hydrogens (tertiary/aromatic N) is 4.